The summed E-state index contributed by atoms with van der Waals surface area (Å²) >= 11 is 0. The van der Waals surface area contributed by atoms with E-state index in [1.807, 2.05) is 26.0 Å². The highest BCUT2D eigenvalue weighted by atomic mass is 16.6. The Balaban J connectivity index is 2.69. The van der Waals surface area contributed by atoms with E-state index in [4.69, 9.17) is 9.47 Å². The van der Waals surface area contributed by atoms with Gasteiger partial charge in [-0.05, 0) is 61.3 Å². The first-order valence-electron chi connectivity index (χ1n) is 13.0. The number of aryl methyl sites for hydroxylation is 1. The van der Waals surface area contributed by atoms with E-state index in [0.717, 1.165) is 29.5 Å². The molecule has 2 aromatic carbocycles. The van der Waals surface area contributed by atoms with Crippen molar-refractivity contribution in [2.24, 2.45) is 0 Å². The molecule has 2 aromatic rings. The van der Waals surface area contributed by atoms with Crippen molar-refractivity contribution in [1.29, 1.82) is 0 Å². The average molecular weight is 482 g/mol. The van der Waals surface area contributed by atoms with Crippen molar-refractivity contribution in [3.05, 3.63) is 58.1 Å². The number of amides is 1. The van der Waals surface area contributed by atoms with Crippen LogP contribution in [0.25, 0.3) is 0 Å². The molecule has 0 aliphatic carbocycles. The van der Waals surface area contributed by atoms with Crippen molar-refractivity contribution in [2.45, 2.75) is 92.9 Å². The molecule has 0 bridgehead atoms. The molecule has 192 valence electrons. The fourth-order valence-corrected chi connectivity index (χ4v) is 4.29. The molecule has 0 N–H and O–H groups in total. The number of hydrogen-bond acceptors (Lipinski definition) is 4. The van der Waals surface area contributed by atoms with E-state index >= 15 is 0 Å². The monoisotopic (exact) mass is 481 g/mol. The van der Waals surface area contributed by atoms with Gasteiger partial charge in [-0.3, -0.25) is 0 Å². The predicted molar refractivity (Wildman–Crippen MR) is 143 cm³/mol. The van der Waals surface area contributed by atoms with E-state index in [1.165, 1.54) is 5.56 Å². The van der Waals surface area contributed by atoms with Gasteiger partial charge in [0.2, 0.25) is 0 Å². The Bertz CT molecular complexity index is 1000. The molecule has 0 heterocycles. The lowest BCUT2D eigenvalue weighted by molar-refractivity contribution is 0.0724. The maximum atomic E-state index is 13.3. The molecule has 0 aromatic heterocycles. The number of carbonyl (C=O) groups is 2. The van der Waals surface area contributed by atoms with Crippen LogP contribution in [0.5, 0.6) is 11.5 Å². The molecule has 0 spiro atoms. The van der Waals surface area contributed by atoms with Crippen LogP contribution in [0.2, 0.25) is 0 Å². The molecule has 0 aliphatic heterocycles. The standard InChI is InChI=1S/C30H43NO4/c1-10-13-22-14-16-23(17-15-22)29(32)34-28-26(21(8)9)24(19(4)5)18-25(20(6)7)27(28)35-30(33)31(11-2)12-3/h14-21H,10-13H2,1-9H3. The maximum absolute atomic E-state index is 13.3. The van der Waals surface area contributed by atoms with Gasteiger partial charge in [-0.25, -0.2) is 9.59 Å². The molecule has 0 fully saturated rings. The van der Waals surface area contributed by atoms with Gasteiger partial charge in [-0.2, -0.15) is 0 Å². The minimum atomic E-state index is -0.453. The molecule has 0 radical (unpaired) electrons. The van der Waals surface area contributed by atoms with Crippen molar-refractivity contribution in [2.75, 3.05) is 13.1 Å². The molecular formula is C30H43NO4. The van der Waals surface area contributed by atoms with E-state index in [9.17, 15) is 9.59 Å². The first-order valence-corrected chi connectivity index (χ1v) is 13.0. The summed E-state index contributed by atoms with van der Waals surface area (Å²) in [5.74, 6) is 0.598. The number of carbonyl (C=O) groups excluding carboxylic acids is 2. The Labute approximate surface area is 211 Å². The fourth-order valence-electron chi connectivity index (χ4n) is 4.29. The summed E-state index contributed by atoms with van der Waals surface area (Å²) < 4.78 is 12.1. The highest BCUT2D eigenvalue weighted by molar-refractivity contribution is 5.92. The van der Waals surface area contributed by atoms with Crippen LogP contribution < -0.4 is 9.47 Å². The molecule has 5 nitrogen and oxygen atoms in total. The second-order valence-electron chi connectivity index (χ2n) is 9.97. The van der Waals surface area contributed by atoms with Gasteiger partial charge in [0.15, 0.2) is 11.5 Å². The number of esters is 1. The van der Waals surface area contributed by atoms with Crippen LogP contribution >= 0.6 is 0 Å². The SMILES string of the molecule is CCCc1ccc(C(=O)Oc2c(OC(=O)N(CC)CC)c(C(C)C)cc(C(C)C)c2C(C)C)cc1. The lowest BCUT2D eigenvalue weighted by atomic mass is 9.85. The predicted octanol–water partition coefficient (Wildman–Crippen LogP) is 8.07. The zero-order valence-electron chi connectivity index (χ0n) is 23.0. The zero-order chi connectivity index (χ0) is 26.3. The average Bonchev–Trinajstić information content (AvgIpc) is 2.80. The van der Waals surface area contributed by atoms with Gasteiger partial charge in [0.25, 0.3) is 0 Å². The van der Waals surface area contributed by atoms with Gasteiger partial charge < -0.3 is 14.4 Å². The van der Waals surface area contributed by atoms with Gasteiger partial charge >= 0.3 is 12.1 Å². The summed E-state index contributed by atoms with van der Waals surface area (Å²) in [6.45, 7) is 19.5. The third-order valence-corrected chi connectivity index (χ3v) is 6.29. The molecule has 0 saturated heterocycles. The van der Waals surface area contributed by atoms with Crippen LogP contribution in [0, 0.1) is 0 Å². The van der Waals surface area contributed by atoms with Crippen LogP contribution in [0.1, 0.15) is 119 Å². The topological polar surface area (TPSA) is 55.8 Å². The normalized spacial score (nSPS) is 11.3. The third kappa shape index (κ3) is 6.87. The number of nitrogens with zero attached hydrogens (tertiary/aromatic N) is 1. The van der Waals surface area contributed by atoms with E-state index < -0.39 is 12.1 Å². The molecule has 0 aliphatic rings. The van der Waals surface area contributed by atoms with Gasteiger partial charge in [0.05, 0.1) is 5.56 Å². The highest BCUT2D eigenvalue weighted by Gasteiger charge is 2.29. The number of ether oxygens (including phenoxy) is 2. The van der Waals surface area contributed by atoms with Crippen LogP contribution in [-0.4, -0.2) is 30.1 Å². The molecule has 35 heavy (non-hydrogen) atoms. The maximum Gasteiger partial charge on any atom is 0.415 e. The van der Waals surface area contributed by atoms with Gasteiger partial charge in [-0.1, -0.05) is 73.1 Å². The first-order chi connectivity index (χ1) is 16.5. The second kappa shape index (κ2) is 12.8. The zero-order valence-corrected chi connectivity index (χ0v) is 23.0. The Morgan fingerprint density at radius 3 is 1.80 bits per heavy atom. The van der Waals surface area contributed by atoms with E-state index in [-0.39, 0.29) is 17.8 Å². The quantitative estimate of drug-likeness (QED) is 0.254. The number of benzene rings is 2. The first kappa shape index (κ1) is 28.4. The number of hydrogen-bond donors (Lipinski definition) is 0. The Morgan fingerprint density at radius 2 is 1.34 bits per heavy atom. The van der Waals surface area contributed by atoms with Gasteiger partial charge in [0.1, 0.15) is 0 Å². The Kier molecular flexibility index (Phi) is 10.4. The van der Waals surface area contributed by atoms with Crippen LogP contribution in [-0.2, 0) is 6.42 Å². The molecule has 0 atom stereocenters. The second-order valence-corrected chi connectivity index (χ2v) is 9.97. The van der Waals surface area contributed by atoms with Crippen molar-refractivity contribution in [3.63, 3.8) is 0 Å². The fraction of sp³-hybridized carbons (Fsp3) is 0.533. The summed E-state index contributed by atoms with van der Waals surface area (Å²) in [5, 5.41) is 0. The summed E-state index contributed by atoms with van der Waals surface area (Å²) in [7, 11) is 0. The van der Waals surface area contributed by atoms with Crippen LogP contribution in [0.4, 0.5) is 4.79 Å². The minimum Gasteiger partial charge on any atom is -0.419 e. The minimum absolute atomic E-state index is 0.0641. The van der Waals surface area contributed by atoms with Crippen molar-refractivity contribution in [3.8, 4) is 11.5 Å². The number of rotatable bonds is 10. The third-order valence-electron chi connectivity index (χ3n) is 6.29. The van der Waals surface area contributed by atoms with E-state index in [1.54, 1.807) is 17.0 Å². The van der Waals surface area contributed by atoms with E-state index in [0.29, 0.717) is 30.2 Å². The van der Waals surface area contributed by atoms with Crippen molar-refractivity contribution in [1.82, 2.24) is 4.90 Å². The molecule has 2 rings (SSSR count). The smallest absolute Gasteiger partial charge is 0.415 e. The lowest BCUT2D eigenvalue weighted by Crippen LogP contribution is -2.33. The molecule has 0 saturated carbocycles. The van der Waals surface area contributed by atoms with Crippen LogP contribution in [0.15, 0.2) is 30.3 Å². The van der Waals surface area contributed by atoms with E-state index in [2.05, 4.69) is 54.5 Å². The summed E-state index contributed by atoms with van der Waals surface area (Å²) in [6.07, 6.45) is 1.57. The Morgan fingerprint density at radius 1 is 0.771 bits per heavy atom. The summed E-state index contributed by atoms with van der Waals surface area (Å²) in [5.41, 5.74) is 4.53. The largest absolute Gasteiger partial charge is 0.419 e. The van der Waals surface area contributed by atoms with Crippen LogP contribution in [0.3, 0.4) is 0 Å². The van der Waals surface area contributed by atoms with Gasteiger partial charge in [-0.15, -0.1) is 0 Å². The summed E-state index contributed by atoms with van der Waals surface area (Å²) in [6, 6.07) is 9.66. The lowest BCUT2D eigenvalue weighted by Gasteiger charge is -2.27. The van der Waals surface area contributed by atoms with Gasteiger partial charge in [0, 0.05) is 24.2 Å². The van der Waals surface area contributed by atoms with Crippen molar-refractivity contribution >= 4 is 12.1 Å². The molecular weight excluding hydrogens is 438 g/mol. The Hall–Kier alpha value is -2.82. The van der Waals surface area contributed by atoms with Crippen molar-refractivity contribution < 1.29 is 19.1 Å². The summed E-state index contributed by atoms with van der Waals surface area (Å²) in [4.78, 5) is 28.0. The molecule has 1 amide bonds. The molecule has 5 heteroatoms. The highest BCUT2D eigenvalue weighted by Crippen LogP contribution is 2.46. The molecule has 0 unspecified atom stereocenters.